The van der Waals surface area contributed by atoms with E-state index in [4.69, 9.17) is 9.97 Å². The largest absolute Gasteiger partial charge is 0.318 e. The van der Waals surface area contributed by atoms with Crippen molar-refractivity contribution in [1.82, 2.24) is 19.1 Å². The third-order valence-electron chi connectivity index (χ3n) is 14.0. The summed E-state index contributed by atoms with van der Waals surface area (Å²) in [7, 11) is 0. The maximum Gasteiger partial charge on any atom is 0.220 e. The first-order valence-corrected chi connectivity index (χ1v) is 24.0. The molecule has 6 heterocycles. The molecule has 0 saturated carbocycles. The van der Waals surface area contributed by atoms with Crippen LogP contribution >= 0.6 is 22.7 Å². The molecule has 0 aliphatic rings. The smallest absolute Gasteiger partial charge is 0.220 e. The van der Waals surface area contributed by atoms with Crippen molar-refractivity contribution in [2.75, 3.05) is 0 Å². The molecule has 15 aromatic rings. The molecule has 0 bridgehead atoms. The van der Waals surface area contributed by atoms with Crippen LogP contribution in [0.3, 0.4) is 0 Å². The molecule has 15 rings (SSSR count). The van der Waals surface area contributed by atoms with Crippen molar-refractivity contribution in [3.05, 3.63) is 199 Å². The number of fused-ring (bicyclic) bond motifs is 13. The molecule has 0 spiro atoms. The van der Waals surface area contributed by atoms with Crippen LogP contribution in [0.4, 0.5) is 5.69 Å². The zero-order valence-corrected chi connectivity index (χ0v) is 37.5. The first-order chi connectivity index (χ1) is 33.7. The quantitative estimate of drug-likeness (QED) is 0.131. The topological polar surface area (TPSA) is 63.8 Å². The Morgan fingerprint density at radius 2 is 1.03 bits per heavy atom. The second-order valence-electron chi connectivity index (χ2n) is 17.4. The number of rotatable bonds is 4. The van der Waals surface area contributed by atoms with Gasteiger partial charge in [0.05, 0.1) is 61.3 Å². The maximum absolute atomic E-state index is 12.1. The Hall–Kier alpha value is -8.92. The predicted molar refractivity (Wildman–Crippen MR) is 285 cm³/mol. The molecule has 6 nitrogen and oxygen atoms in total. The molecule has 8 heteroatoms. The Labute approximate surface area is 395 Å². The fourth-order valence-corrected chi connectivity index (χ4v) is 13.7. The van der Waals surface area contributed by atoms with Gasteiger partial charge in [-0.1, -0.05) is 133 Å². The third kappa shape index (κ3) is 4.82. The summed E-state index contributed by atoms with van der Waals surface area (Å²) in [6.07, 6.45) is 3.76. The summed E-state index contributed by atoms with van der Waals surface area (Å²) in [5.41, 5.74) is 10.9. The molecule has 0 unspecified atom stereocenters. The standard InChI is InChI=1S/C60H30N6S2/c1-62-56-50(33-14-4-2-5-15-33)43(32-61)57(51(34-16-6-3-7-17-34)59(56)65-44-26-28-63-54-37-20-8-9-21-38(37)55-53(52(44)54)45(65)27-29-64-55)66-46-31-49-42(36-19-11-12-22-47(36)67-49)30-41(46)39-24-25-40-35-18-10-13-23-48(35)68-60(40)58(39)66/h2-31H. The fraction of sp³-hybridized carbons (Fsp3) is 0. The minimum Gasteiger partial charge on any atom is -0.318 e. The van der Waals surface area contributed by atoms with Gasteiger partial charge in [-0.05, 0) is 47.5 Å². The predicted octanol–water partition coefficient (Wildman–Crippen LogP) is 16.9. The van der Waals surface area contributed by atoms with E-state index in [0.717, 1.165) is 103 Å². The molecule has 6 aromatic heterocycles. The highest BCUT2D eigenvalue weighted by Crippen LogP contribution is 2.54. The van der Waals surface area contributed by atoms with Crippen LogP contribution in [0.1, 0.15) is 5.56 Å². The van der Waals surface area contributed by atoms with Crippen LogP contribution in [0.5, 0.6) is 0 Å². The second-order valence-corrected chi connectivity index (χ2v) is 19.5. The lowest BCUT2D eigenvalue weighted by Gasteiger charge is -2.25. The lowest BCUT2D eigenvalue weighted by molar-refractivity contribution is 1.14. The monoisotopic (exact) mass is 898 g/mol. The molecule has 0 N–H and O–H groups in total. The first-order valence-electron chi connectivity index (χ1n) is 22.4. The lowest BCUT2D eigenvalue weighted by Crippen LogP contribution is -2.08. The van der Waals surface area contributed by atoms with Gasteiger partial charge in [0.2, 0.25) is 5.69 Å². The second kappa shape index (κ2) is 13.8. The Morgan fingerprint density at radius 1 is 0.471 bits per heavy atom. The van der Waals surface area contributed by atoms with Crippen molar-refractivity contribution < 1.29 is 0 Å². The number of nitriles is 1. The van der Waals surface area contributed by atoms with E-state index in [1.807, 2.05) is 48.8 Å². The highest BCUT2D eigenvalue weighted by molar-refractivity contribution is 7.27. The summed E-state index contributed by atoms with van der Waals surface area (Å²) in [4.78, 5) is 14.6. The number of benzene rings is 9. The molecule has 0 saturated heterocycles. The van der Waals surface area contributed by atoms with Gasteiger partial charge in [-0.2, -0.15) is 5.26 Å². The molecular formula is C60H30N6S2. The lowest BCUT2D eigenvalue weighted by atomic mass is 9.88. The zero-order valence-electron chi connectivity index (χ0n) is 35.8. The van der Waals surface area contributed by atoms with E-state index < -0.39 is 0 Å². The van der Waals surface area contributed by atoms with E-state index in [9.17, 15) is 11.8 Å². The SMILES string of the molecule is [C-]#[N+]c1c(-c2ccccc2)c(C#N)c(-n2c3cc4sc5ccccc5c4cc3c3ccc4c5ccccc5sc4c32)c(-c2ccccc2)c1-n1c2ccnc3c4ccccc4c4nccc1c4c32. The Balaban J connectivity index is 1.24. The number of nitrogens with zero attached hydrogens (tertiary/aromatic N) is 6. The summed E-state index contributed by atoms with van der Waals surface area (Å²) in [6, 6.07) is 62.2. The van der Waals surface area contributed by atoms with Crippen LogP contribution < -0.4 is 0 Å². The number of thiophene rings is 2. The normalized spacial score (nSPS) is 12.1. The van der Waals surface area contributed by atoms with Crippen LogP contribution in [0, 0.1) is 17.9 Å². The van der Waals surface area contributed by atoms with Gasteiger partial charge >= 0.3 is 0 Å². The number of hydrogen-bond donors (Lipinski definition) is 0. The van der Waals surface area contributed by atoms with Crippen molar-refractivity contribution in [2.45, 2.75) is 0 Å². The summed E-state index contributed by atoms with van der Waals surface area (Å²) >= 11 is 3.58. The summed E-state index contributed by atoms with van der Waals surface area (Å²) in [5, 5.41) is 23.1. The summed E-state index contributed by atoms with van der Waals surface area (Å²) in [5.74, 6) is 0. The maximum atomic E-state index is 12.1. The molecule has 312 valence electrons. The molecule has 0 aliphatic carbocycles. The highest BCUT2D eigenvalue weighted by atomic mass is 32.1. The average Bonchev–Trinajstić information content (AvgIpc) is 4.15. The fourth-order valence-electron chi connectivity index (χ4n) is 11.3. The van der Waals surface area contributed by atoms with Gasteiger partial charge in [-0.15, -0.1) is 22.7 Å². The van der Waals surface area contributed by atoms with Gasteiger partial charge < -0.3 is 9.13 Å². The number of hydrogen-bond acceptors (Lipinski definition) is 5. The van der Waals surface area contributed by atoms with Crippen LogP contribution in [-0.2, 0) is 0 Å². The Bertz CT molecular complexity index is 4670. The van der Waals surface area contributed by atoms with Crippen molar-refractivity contribution >= 4 is 134 Å². The van der Waals surface area contributed by atoms with Gasteiger partial charge in [0, 0.05) is 91.5 Å². The van der Waals surface area contributed by atoms with Gasteiger partial charge in [-0.25, -0.2) is 4.85 Å². The van der Waals surface area contributed by atoms with Crippen molar-refractivity contribution in [2.24, 2.45) is 0 Å². The minimum absolute atomic E-state index is 0.391. The van der Waals surface area contributed by atoms with E-state index in [1.165, 1.54) is 25.6 Å². The molecule has 9 aromatic carbocycles. The van der Waals surface area contributed by atoms with Crippen LogP contribution in [0.15, 0.2) is 182 Å². The first kappa shape index (κ1) is 37.3. The molecule has 0 atom stereocenters. The van der Waals surface area contributed by atoms with E-state index in [1.54, 1.807) is 22.7 Å². The van der Waals surface area contributed by atoms with E-state index >= 15 is 0 Å². The van der Waals surface area contributed by atoms with E-state index in [-0.39, 0.29) is 0 Å². The van der Waals surface area contributed by atoms with Gasteiger partial charge in [0.15, 0.2) is 0 Å². The van der Waals surface area contributed by atoms with Crippen LogP contribution in [0.25, 0.3) is 144 Å². The number of pyridine rings is 2. The average molecular weight is 899 g/mol. The van der Waals surface area contributed by atoms with Gasteiger partial charge in [0.25, 0.3) is 0 Å². The molecule has 0 fully saturated rings. The van der Waals surface area contributed by atoms with Crippen LogP contribution in [0.2, 0.25) is 0 Å². The van der Waals surface area contributed by atoms with Crippen molar-refractivity contribution in [1.29, 1.82) is 5.26 Å². The van der Waals surface area contributed by atoms with E-state index in [0.29, 0.717) is 22.5 Å². The molecule has 68 heavy (non-hydrogen) atoms. The highest BCUT2D eigenvalue weighted by Gasteiger charge is 2.33. The van der Waals surface area contributed by atoms with Crippen LogP contribution in [-0.4, -0.2) is 19.1 Å². The Kier molecular flexibility index (Phi) is 7.58. The van der Waals surface area contributed by atoms with E-state index in [2.05, 4.69) is 154 Å². The zero-order chi connectivity index (χ0) is 44.8. The third-order valence-corrected chi connectivity index (χ3v) is 16.3. The molecule has 0 amide bonds. The minimum atomic E-state index is 0.391. The molecule has 0 radical (unpaired) electrons. The van der Waals surface area contributed by atoms with Crippen molar-refractivity contribution in [3.8, 4) is 39.7 Å². The summed E-state index contributed by atoms with van der Waals surface area (Å²) in [6.45, 7) is 9.32. The van der Waals surface area contributed by atoms with Gasteiger partial charge in [-0.3, -0.25) is 9.97 Å². The molecule has 0 aliphatic heterocycles. The molecular weight excluding hydrogens is 869 g/mol. The number of aromatic nitrogens is 4. The van der Waals surface area contributed by atoms with Gasteiger partial charge in [0.1, 0.15) is 6.07 Å². The van der Waals surface area contributed by atoms with Crippen molar-refractivity contribution in [3.63, 3.8) is 0 Å². The summed E-state index contributed by atoms with van der Waals surface area (Å²) < 4.78 is 9.38. The Morgan fingerprint density at radius 3 is 1.66 bits per heavy atom.